The summed E-state index contributed by atoms with van der Waals surface area (Å²) in [5, 5.41) is 12.0. The Labute approximate surface area is 180 Å². The molecule has 8 heteroatoms. The molecule has 3 rings (SSSR count). The number of carboxylic acid groups (broad SMARTS) is 1. The van der Waals surface area contributed by atoms with Crippen LogP contribution in [0.3, 0.4) is 0 Å². The first-order valence-corrected chi connectivity index (χ1v) is 10.4. The Morgan fingerprint density at radius 1 is 1.29 bits per heavy atom. The maximum absolute atomic E-state index is 12.2. The van der Waals surface area contributed by atoms with Crippen LogP contribution in [0.1, 0.15) is 18.1 Å². The molecule has 1 saturated heterocycles. The Morgan fingerprint density at radius 2 is 2.04 bits per heavy atom. The van der Waals surface area contributed by atoms with Crippen LogP contribution in [0.25, 0.3) is 6.08 Å². The van der Waals surface area contributed by atoms with Crippen LogP contribution >= 0.6 is 34.4 Å². The standard InChI is InChI=1S/C20H17IN2O4S/c1-2-12-3-6-14(7-4-12)22-20-23-19(26)17(28-20)10-13-5-8-16(15(21)9-13)27-11-18(24)25/h3-10H,2,11H2,1H3,(H,24,25)(H,22,23,26)/b17-10-. The lowest BCUT2D eigenvalue weighted by Crippen LogP contribution is -2.19. The van der Waals surface area contributed by atoms with Crippen molar-refractivity contribution in [2.45, 2.75) is 13.3 Å². The van der Waals surface area contributed by atoms with Crippen LogP contribution in [-0.2, 0) is 16.0 Å². The van der Waals surface area contributed by atoms with Crippen molar-refractivity contribution in [2.75, 3.05) is 6.61 Å². The molecule has 0 aliphatic carbocycles. The number of halogens is 1. The maximum atomic E-state index is 12.2. The fourth-order valence-corrected chi connectivity index (χ4v) is 3.96. The third kappa shape index (κ3) is 5.35. The lowest BCUT2D eigenvalue weighted by atomic mass is 10.2. The molecule has 0 aromatic heterocycles. The molecule has 1 heterocycles. The third-order valence-electron chi connectivity index (χ3n) is 3.83. The van der Waals surface area contributed by atoms with Gasteiger partial charge in [-0.1, -0.05) is 25.1 Å². The van der Waals surface area contributed by atoms with Gasteiger partial charge in [0.2, 0.25) is 0 Å². The molecule has 6 nitrogen and oxygen atoms in total. The minimum Gasteiger partial charge on any atom is -0.481 e. The number of hydrogen-bond acceptors (Lipinski definition) is 5. The number of benzene rings is 2. The first-order valence-electron chi connectivity index (χ1n) is 8.47. The number of nitrogens with zero attached hydrogens (tertiary/aromatic N) is 1. The van der Waals surface area contributed by atoms with E-state index in [0.29, 0.717) is 15.8 Å². The predicted octanol–water partition coefficient (Wildman–Crippen LogP) is 4.21. The quantitative estimate of drug-likeness (QED) is 0.451. The number of amidine groups is 1. The van der Waals surface area contributed by atoms with Crippen molar-refractivity contribution in [2.24, 2.45) is 4.99 Å². The summed E-state index contributed by atoms with van der Waals surface area (Å²) in [6.45, 7) is 1.70. The van der Waals surface area contributed by atoms with Crippen molar-refractivity contribution in [1.82, 2.24) is 5.32 Å². The van der Waals surface area contributed by atoms with Crippen LogP contribution in [0, 0.1) is 3.57 Å². The summed E-state index contributed by atoms with van der Waals surface area (Å²) >= 11 is 3.35. The van der Waals surface area contributed by atoms with Crippen LogP contribution in [0.4, 0.5) is 5.69 Å². The Bertz CT molecular complexity index is 971. The number of ether oxygens (including phenoxy) is 1. The molecular formula is C20H17IN2O4S. The summed E-state index contributed by atoms with van der Waals surface area (Å²) in [6, 6.07) is 13.2. The highest BCUT2D eigenvalue weighted by atomic mass is 127. The molecule has 28 heavy (non-hydrogen) atoms. The van der Waals surface area contributed by atoms with E-state index in [1.54, 1.807) is 18.2 Å². The van der Waals surface area contributed by atoms with E-state index in [4.69, 9.17) is 9.84 Å². The second-order valence-corrected chi connectivity index (χ2v) is 8.07. The number of hydrogen-bond donors (Lipinski definition) is 2. The molecule has 144 valence electrons. The van der Waals surface area contributed by atoms with E-state index in [0.717, 1.165) is 21.2 Å². The van der Waals surface area contributed by atoms with Crippen molar-refractivity contribution in [3.8, 4) is 5.75 Å². The molecule has 0 saturated carbocycles. The van der Waals surface area contributed by atoms with Crippen molar-refractivity contribution in [3.63, 3.8) is 0 Å². The van der Waals surface area contributed by atoms with E-state index < -0.39 is 12.6 Å². The summed E-state index contributed by atoms with van der Waals surface area (Å²) < 4.78 is 5.98. The average molecular weight is 508 g/mol. The second kappa shape index (κ2) is 9.24. The minimum atomic E-state index is -1.03. The number of carboxylic acids is 1. The highest BCUT2D eigenvalue weighted by Crippen LogP contribution is 2.30. The van der Waals surface area contributed by atoms with E-state index in [2.05, 4.69) is 39.8 Å². The molecule has 0 atom stereocenters. The zero-order chi connectivity index (χ0) is 20.1. The number of aliphatic imine (C=N–C) groups is 1. The number of aryl methyl sites for hydroxylation is 1. The topological polar surface area (TPSA) is 88.0 Å². The molecule has 0 bridgehead atoms. The molecule has 0 spiro atoms. The number of carbonyl (C=O) groups is 2. The van der Waals surface area contributed by atoms with Gasteiger partial charge in [0, 0.05) is 0 Å². The molecular weight excluding hydrogens is 491 g/mol. The smallest absolute Gasteiger partial charge is 0.341 e. The van der Waals surface area contributed by atoms with E-state index in [1.807, 2.05) is 30.3 Å². The lowest BCUT2D eigenvalue weighted by molar-refractivity contribution is -0.139. The number of carbonyl (C=O) groups excluding carboxylic acids is 1. The van der Waals surface area contributed by atoms with Crippen LogP contribution in [-0.4, -0.2) is 28.8 Å². The Hall–Kier alpha value is -2.33. The zero-order valence-corrected chi connectivity index (χ0v) is 17.9. The largest absolute Gasteiger partial charge is 0.481 e. The molecule has 1 aliphatic rings. The maximum Gasteiger partial charge on any atom is 0.341 e. The fourth-order valence-electron chi connectivity index (χ4n) is 2.42. The first-order chi connectivity index (χ1) is 13.4. The van der Waals surface area contributed by atoms with Gasteiger partial charge in [-0.15, -0.1) is 0 Å². The molecule has 2 aromatic carbocycles. The SMILES string of the molecule is CCc1ccc(N=C2NC(=O)/C(=C/c3ccc(OCC(=O)O)c(I)c3)S2)cc1. The Morgan fingerprint density at radius 3 is 2.68 bits per heavy atom. The van der Waals surface area contributed by atoms with Crippen molar-refractivity contribution in [1.29, 1.82) is 0 Å². The van der Waals surface area contributed by atoms with Crippen LogP contribution in [0.5, 0.6) is 5.75 Å². The number of nitrogens with one attached hydrogen (secondary N) is 1. The normalized spacial score (nSPS) is 16.4. The summed E-state index contributed by atoms with van der Waals surface area (Å²) in [7, 11) is 0. The molecule has 0 radical (unpaired) electrons. The molecule has 2 N–H and O–H groups in total. The highest BCUT2D eigenvalue weighted by molar-refractivity contribution is 14.1. The van der Waals surface area contributed by atoms with Crippen LogP contribution < -0.4 is 10.1 Å². The minimum absolute atomic E-state index is 0.199. The summed E-state index contributed by atoms with van der Waals surface area (Å²) in [5.74, 6) is -0.737. The van der Waals surface area contributed by atoms with Crippen LogP contribution in [0.2, 0.25) is 0 Å². The van der Waals surface area contributed by atoms with Crippen molar-refractivity contribution in [3.05, 3.63) is 62.1 Å². The van der Waals surface area contributed by atoms with E-state index in [1.165, 1.54) is 17.3 Å². The number of amides is 1. The summed E-state index contributed by atoms with van der Waals surface area (Å²) in [6.07, 6.45) is 2.74. The molecule has 1 aliphatic heterocycles. The van der Waals surface area contributed by atoms with Gasteiger partial charge in [-0.05, 0) is 82.2 Å². The van der Waals surface area contributed by atoms with E-state index in [9.17, 15) is 9.59 Å². The second-order valence-electron chi connectivity index (χ2n) is 5.87. The first kappa shape index (κ1) is 20.4. The van der Waals surface area contributed by atoms with Gasteiger partial charge in [0.15, 0.2) is 11.8 Å². The van der Waals surface area contributed by atoms with Crippen LogP contribution in [0.15, 0.2) is 52.4 Å². The van der Waals surface area contributed by atoms with E-state index in [-0.39, 0.29) is 5.91 Å². The van der Waals surface area contributed by atoms with Gasteiger partial charge in [-0.25, -0.2) is 9.79 Å². The number of rotatable bonds is 6. The van der Waals surface area contributed by atoms with Crippen molar-refractivity contribution >= 4 is 63.2 Å². The van der Waals surface area contributed by atoms with Gasteiger partial charge in [0.05, 0.1) is 14.2 Å². The summed E-state index contributed by atoms with van der Waals surface area (Å²) in [5.41, 5.74) is 2.84. The Kier molecular flexibility index (Phi) is 6.74. The van der Waals surface area contributed by atoms with Gasteiger partial charge < -0.3 is 15.2 Å². The predicted molar refractivity (Wildman–Crippen MR) is 119 cm³/mol. The lowest BCUT2D eigenvalue weighted by Gasteiger charge is -2.06. The highest BCUT2D eigenvalue weighted by Gasteiger charge is 2.23. The fraction of sp³-hybridized carbons (Fsp3) is 0.150. The van der Waals surface area contributed by atoms with E-state index >= 15 is 0 Å². The zero-order valence-electron chi connectivity index (χ0n) is 14.9. The number of aliphatic carboxylic acids is 1. The molecule has 1 fully saturated rings. The van der Waals surface area contributed by atoms with Gasteiger partial charge >= 0.3 is 5.97 Å². The third-order valence-corrected chi connectivity index (χ3v) is 5.58. The van der Waals surface area contributed by atoms with Gasteiger partial charge in [0.1, 0.15) is 5.75 Å². The number of thioether (sulfide) groups is 1. The molecule has 2 aromatic rings. The van der Waals surface area contributed by atoms with Gasteiger partial charge in [0.25, 0.3) is 5.91 Å². The van der Waals surface area contributed by atoms with Gasteiger partial charge in [-0.2, -0.15) is 0 Å². The molecule has 0 unspecified atom stereocenters. The monoisotopic (exact) mass is 508 g/mol. The summed E-state index contributed by atoms with van der Waals surface area (Å²) in [4.78, 5) is 27.9. The van der Waals surface area contributed by atoms with Gasteiger partial charge in [-0.3, -0.25) is 4.79 Å². The van der Waals surface area contributed by atoms with Crippen molar-refractivity contribution < 1.29 is 19.4 Å². The molecule has 1 amide bonds. The Balaban J connectivity index is 1.73. The average Bonchev–Trinajstić information content (AvgIpc) is 3.00.